The maximum absolute atomic E-state index is 10.4. The molecule has 0 saturated carbocycles. The standard InChI is InChI=1S/C15H18N2O.C9H11N.C5H8O2.CN.K.H2O/c1-16-15(7-10-18-11-8-15)17-9-6-13-4-2-3-5-14(13)12-17;1-2-4-9-7-10-6-5-8(9)3-1;6-5-1-3-7-4-2-5;1-2;;/h2-5H,6-12H2;1-4,10H,5-7H2;1-4H2;;;1H2/q;;;-1;+1;. The topological polar surface area (TPSA) is 110 Å². The first-order chi connectivity index (χ1) is 18.2. The van der Waals surface area contributed by atoms with Crippen molar-refractivity contribution in [2.45, 2.75) is 57.3 Å². The zero-order valence-electron chi connectivity index (χ0n) is 23.1. The second-order valence-corrected chi connectivity index (χ2v) is 9.49. The van der Waals surface area contributed by atoms with E-state index >= 15 is 0 Å². The third kappa shape index (κ3) is 10.8. The van der Waals surface area contributed by atoms with Gasteiger partial charge in [0.1, 0.15) is 5.78 Å². The molecule has 0 aromatic heterocycles. The minimum absolute atomic E-state index is 0. The summed E-state index contributed by atoms with van der Waals surface area (Å²) in [5.41, 5.74) is 5.50. The fourth-order valence-corrected chi connectivity index (χ4v) is 5.07. The first-order valence-corrected chi connectivity index (χ1v) is 13.1. The smallest absolute Gasteiger partial charge is 0.512 e. The van der Waals surface area contributed by atoms with Gasteiger partial charge >= 0.3 is 51.4 Å². The molecular weight excluding hydrogens is 519 g/mol. The quantitative estimate of drug-likeness (QED) is 0.402. The van der Waals surface area contributed by atoms with Crippen LogP contribution in [0.4, 0.5) is 0 Å². The van der Waals surface area contributed by atoms with Crippen LogP contribution in [-0.2, 0) is 40.2 Å². The normalized spacial score (nSPS) is 18.9. The third-order valence-corrected chi connectivity index (χ3v) is 7.28. The molecule has 8 nitrogen and oxygen atoms in total. The Morgan fingerprint density at radius 3 is 1.90 bits per heavy atom. The van der Waals surface area contributed by atoms with Gasteiger partial charge in [-0.3, -0.25) is 9.64 Å². The fourth-order valence-electron chi connectivity index (χ4n) is 5.07. The largest absolute Gasteiger partial charge is 1.00 e. The van der Waals surface area contributed by atoms with Crippen LogP contribution in [0.5, 0.6) is 0 Å². The summed E-state index contributed by atoms with van der Waals surface area (Å²) in [4.78, 5) is 16.7. The Hall–Kier alpha value is -1.47. The van der Waals surface area contributed by atoms with E-state index in [-0.39, 0.29) is 62.5 Å². The summed E-state index contributed by atoms with van der Waals surface area (Å²) < 4.78 is 10.3. The van der Waals surface area contributed by atoms with Crippen molar-refractivity contribution in [2.75, 3.05) is 39.5 Å². The minimum Gasteiger partial charge on any atom is -0.512 e. The minimum atomic E-state index is -0.314. The predicted molar refractivity (Wildman–Crippen MR) is 145 cm³/mol. The number of hydrogen-bond donors (Lipinski definition) is 1. The van der Waals surface area contributed by atoms with Gasteiger partial charge < -0.3 is 32.1 Å². The number of rotatable bonds is 1. The van der Waals surface area contributed by atoms with Crippen molar-refractivity contribution < 1.29 is 71.1 Å². The van der Waals surface area contributed by atoms with E-state index in [1.807, 2.05) is 0 Å². The number of hydrogen-bond acceptors (Lipinski definition) is 6. The van der Waals surface area contributed by atoms with Crippen LogP contribution >= 0.6 is 0 Å². The molecule has 6 rings (SSSR count). The molecule has 0 bridgehead atoms. The summed E-state index contributed by atoms with van der Waals surface area (Å²) in [7, 11) is 0. The van der Waals surface area contributed by atoms with Gasteiger partial charge in [-0.2, -0.15) is 0 Å². The van der Waals surface area contributed by atoms with Crippen LogP contribution in [0.25, 0.3) is 4.85 Å². The predicted octanol–water partition coefficient (Wildman–Crippen LogP) is 0.445. The van der Waals surface area contributed by atoms with Crippen LogP contribution in [0.15, 0.2) is 48.5 Å². The van der Waals surface area contributed by atoms with Gasteiger partial charge in [-0.25, -0.2) is 11.5 Å². The number of fused-ring (bicyclic) bond motifs is 2. The molecular formula is C30H39KN4O4. The van der Waals surface area contributed by atoms with Gasteiger partial charge in [-0.15, -0.1) is 0 Å². The zero-order chi connectivity index (χ0) is 26.3. The van der Waals surface area contributed by atoms with Crippen LogP contribution in [0.3, 0.4) is 0 Å². The Bertz CT molecular complexity index is 1030. The van der Waals surface area contributed by atoms with Gasteiger partial charge in [0.25, 0.3) is 5.66 Å². The van der Waals surface area contributed by atoms with Gasteiger partial charge in [-0.1, -0.05) is 48.5 Å². The van der Waals surface area contributed by atoms with Crippen molar-refractivity contribution in [3.05, 3.63) is 88.8 Å². The van der Waals surface area contributed by atoms with Crippen molar-refractivity contribution in [3.63, 3.8) is 0 Å². The van der Waals surface area contributed by atoms with E-state index in [4.69, 9.17) is 27.9 Å². The van der Waals surface area contributed by atoms with Gasteiger partial charge in [0, 0.05) is 32.5 Å². The van der Waals surface area contributed by atoms with Crippen LogP contribution in [0, 0.1) is 18.4 Å². The molecule has 0 unspecified atom stereocenters. The number of Topliss-reactive ketones (excluding diaryl/α,β-unsaturated/α-hetero) is 1. The van der Waals surface area contributed by atoms with Crippen LogP contribution < -0.4 is 56.7 Å². The summed E-state index contributed by atoms with van der Waals surface area (Å²) in [5, 5.41) is 9.59. The van der Waals surface area contributed by atoms with E-state index < -0.39 is 0 Å². The van der Waals surface area contributed by atoms with Crippen molar-refractivity contribution in [1.82, 2.24) is 10.2 Å². The van der Waals surface area contributed by atoms with Crippen LogP contribution in [0.2, 0.25) is 0 Å². The Morgan fingerprint density at radius 1 is 0.821 bits per heavy atom. The molecule has 2 fully saturated rings. The molecule has 9 heteroatoms. The Kier molecular flexibility index (Phi) is 17.8. The molecule has 4 aliphatic heterocycles. The van der Waals surface area contributed by atoms with Crippen molar-refractivity contribution in [3.8, 4) is 0 Å². The molecule has 2 saturated heterocycles. The third-order valence-electron chi connectivity index (χ3n) is 7.28. The second-order valence-electron chi connectivity index (χ2n) is 9.49. The molecule has 0 atom stereocenters. The molecule has 39 heavy (non-hydrogen) atoms. The molecule has 0 radical (unpaired) electrons. The number of nitrogens with zero attached hydrogens (tertiary/aromatic N) is 3. The fraction of sp³-hybridized carbons (Fsp3) is 0.500. The number of ketones is 1. The van der Waals surface area contributed by atoms with Crippen molar-refractivity contribution in [2.24, 2.45) is 0 Å². The molecule has 0 amide bonds. The number of nitrogens with one attached hydrogen (secondary N) is 1. The number of carbonyl (C=O) groups is 1. The van der Waals surface area contributed by atoms with Gasteiger partial charge in [0.2, 0.25) is 0 Å². The summed E-state index contributed by atoms with van der Waals surface area (Å²) in [6.45, 7) is 19.2. The maximum atomic E-state index is 10.4. The average Bonchev–Trinajstić information content (AvgIpc) is 2.99. The van der Waals surface area contributed by atoms with Crippen molar-refractivity contribution in [1.29, 1.82) is 5.26 Å². The average molecular weight is 559 g/mol. The molecule has 4 aliphatic rings. The van der Waals surface area contributed by atoms with Crippen molar-refractivity contribution >= 4 is 5.78 Å². The van der Waals surface area contributed by atoms with E-state index in [1.165, 1.54) is 28.7 Å². The first-order valence-electron chi connectivity index (χ1n) is 13.1. The zero-order valence-corrected chi connectivity index (χ0v) is 26.2. The van der Waals surface area contributed by atoms with Gasteiger partial charge in [0.05, 0.1) is 39.3 Å². The van der Waals surface area contributed by atoms with Crippen LogP contribution in [0.1, 0.15) is 47.9 Å². The maximum Gasteiger partial charge on any atom is 1.00 e. The van der Waals surface area contributed by atoms with E-state index in [1.54, 1.807) is 0 Å². The number of carbonyl (C=O) groups excluding carboxylic acids is 1. The SMILES string of the molecule is O.O=C1CCOCC1.[C-]#N.[C-]#[N+]C1(N2CCc3ccccc3C2)CCOCC1.[K+].c1ccc2c(c1)CCNC2. The molecule has 0 spiro atoms. The van der Waals surface area contributed by atoms with E-state index in [9.17, 15) is 4.79 Å². The van der Waals surface area contributed by atoms with E-state index in [0.717, 1.165) is 58.7 Å². The summed E-state index contributed by atoms with van der Waals surface area (Å²) in [6.07, 6.45) is 5.20. The summed E-state index contributed by atoms with van der Waals surface area (Å²) in [5.74, 6) is 0.339. The van der Waals surface area contributed by atoms with Crippen LogP contribution in [-0.4, -0.2) is 61.3 Å². The van der Waals surface area contributed by atoms with E-state index in [0.29, 0.717) is 31.8 Å². The molecule has 2 aromatic rings. The summed E-state index contributed by atoms with van der Waals surface area (Å²) in [6, 6.07) is 17.2. The Balaban J connectivity index is 0.000000308. The van der Waals surface area contributed by atoms with Gasteiger partial charge in [-0.05, 0) is 41.6 Å². The Morgan fingerprint density at radius 2 is 1.36 bits per heavy atom. The first kappa shape index (κ1) is 35.6. The molecule has 3 N–H and O–H groups in total. The molecule has 4 heterocycles. The van der Waals surface area contributed by atoms with Gasteiger partial charge in [0.15, 0.2) is 0 Å². The number of ether oxygens (including phenoxy) is 2. The summed E-state index contributed by atoms with van der Waals surface area (Å²) >= 11 is 0. The molecule has 2 aromatic carbocycles. The Labute approximate surface area is 275 Å². The number of benzene rings is 2. The van der Waals surface area contributed by atoms with E-state index in [2.05, 4.69) is 63.6 Å². The second kappa shape index (κ2) is 19.6. The molecule has 0 aliphatic carbocycles. The monoisotopic (exact) mass is 558 g/mol. The molecule has 204 valence electrons.